The highest BCUT2D eigenvalue weighted by Crippen LogP contribution is 2.26. The third kappa shape index (κ3) is 2.85. The molecule has 3 aromatic carbocycles. The smallest absolute Gasteiger partial charge is 0.347 e. The third-order valence-corrected chi connectivity index (χ3v) is 4.07. The normalized spacial score (nSPS) is 11.8. The lowest BCUT2D eigenvalue weighted by Gasteiger charge is -2.06. The monoisotopic (exact) mass is 329 g/mol. The lowest BCUT2D eigenvalue weighted by molar-refractivity contribution is 0.497. The molecule has 0 aliphatic rings. The molecule has 0 saturated heterocycles. The number of rotatable bonds is 3. The minimum absolute atomic E-state index is 0.118. The van der Waals surface area contributed by atoms with Crippen molar-refractivity contribution in [2.75, 3.05) is 5.32 Å². The van der Waals surface area contributed by atoms with Crippen LogP contribution in [0.5, 0.6) is 0 Å². The number of benzene rings is 3. The largest absolute Gasteiger partial charge is 0.506 e. The molecule has 0 unspecified atom stereocenters. The Labute approximate surface area is 143 Å². The van der Waals surface area contributed by atoms with Crippen molar-refractivity contribution in [2.45, 2.75) is 0 Å². The average Bonchev–Trinajstić information content (AvgIpc) is 2.66. The highest BCUT2D eigenvalue weighted by atomic mass is 16.4. The summed E-state index contributed by atoms with van der Waals surface area (Å²) in [5.74, 6) is -0.174. The fourth-order valence-electron chi connectivity index (χ4n) is 2.81. The Morgan fingerprint density at radius 3 is 2.52 bits per heavy atom. The molecule has 1 heterocycles. The SMILES string of the molecule is O=c1oc2ccc3ccccc3c2cc1/C(O)=C/Nc1ccccc1. The Balaban J connectivity index is 1.82. The fourth-order valence-corrected chi connectivity index (χ4v) is 2.81. The van der Waals surface area contributed by atoms with Crippen LogP contribution in [0.1, 0.15) is 5.56 Å². The minimum Gasteiger partial charge on any atom is -0.506 e. The van der Waals surface area contributed by atoms with Crippen LogP contribution in [-0.2, 0) is 0 Å². The van der Waals surface area contributed by atoms with Crippen molar-refractivity contribution in [1.82, 2.24) is 0 Å². The number of hydrogen-bond acceptors (Lipinski definition) is 4. The molecule has 4 nitrogen and oxygen atoms in total. The van der Waals surface area contributed by atoms with E-state index in [0.717, 1.165) is 21.8 Å². The summed E-state index contributed by atoms with van der Waals surface area (Å²) in [5, 5.41) is 16.1. The summed E-state index contributed by atoms with van der Waals surface area (Å²) in [6, 6.07) is 22.6. The summed E-state index contributed by atoms with van der Waals surface area (Å²) in [6.45, 7) is 0. The van der Waals surface area contributed by atoms with Crippen molar-refractivity contribution in [2.24, 2.45) is 0 Å². The summed E-state index contributed by atoms with van der Waals surface area (Å²) in [7, 11) is 0. The Hall–Kier alpha value is -3.53. The van der Waals surface area contributed by atoms with Gasteiger partial charge in [-0.15, -0.1) is 0 Å². The first-order valence-electron chi connectivity index (χ1n) is 7.89. The van der Waals surface area contributed by atoms with Gasteiger partial charge >= 0.3 is 5.63 Å². The molecule has 122 valence electrons. The molecule has 4 aromatic rings. The number of anilines is 1. The summed E-state index contributed by atoms with van der Waals surface area (Å²) in [5.41, 5.74) is 0.847. The second-order valence-electron chi connectivity index (χ2n) is 5.69. The van der Waals surface area contributed by atoms with Crippen LogP contribution in [0.25, 0.3) is 27.5 Å². The molecule has 0 spiro atoms. The van der Waals surface area contributed by atoms with Crippen LogP contribution < -0.4 is 10.9 Å². The van der Waals surface area contributed by atoms with E-state index in [-0.39, 0.29) is 11.3 Å². The van der Waals surface area contributed by atoms with Crippen LogP contribution in [0.4, 0.5) is 5.69 Å². The molecular weight excluding hydrogens is 314 g/mol. The van der Waals surface area contributed by atoms with Crippen LogP contribution in [-0.4, -0.2) is 5.11 Å². The number of hydrogen-bond donors (Lipinski definition) is 2. The Morgan fingerprint density at radius 2 is 1.68 bits per heavy atom. The van der Waals surface area contributed by atoms with Gasteiger partial charge in [-0.25, -0.2) is 4.79 Å². The second kappa shape index (κ2) is 6.17. The molecule has 0 atom stereocenters. The molecule has 0 fully saturated rings. The van der Waals surface area contributed by atoms with Crippen molar-refractivity contribution in [3.05, 3.63) is 95.0 Å². The minimum atomic E-state index is -0.577. The zero-order chi connectivity index (χ0) is 17.2. The van der Waals surface area contributed by atoms with E-state index < -0.39 is 5.63 Å². The first-order chi connectivity index (χ1) is 12.2. The van der Waals surface area contributed by atoms with Crippen LogP contribution in [0.15, 0.2) is 88.2 Å². The molecule has 0 aliphatic heterocycles. The first kappa shape index (κ1) is 15.0. The van der Waals surface area contributed by atoms with E-state index in [1.807, 2.05) is 60.7 Å². The number of nitrogens with one attached hydrogen (secondary N) is 1. The maximum atomic E-state index is 12.2. The zero-order valence-corrected chi connectivity index (χ0v) is 13.3. The molecule has 4 heteroatoms. The fraction of sp³-hybridized carbons (Fsp3) is 0. The van der Waals surface area contributed by atoms with Gasteiger partial charge in [-0.3, -0.25) is 0 Å². The Morgan fingerprint density at radius 1 is 0.920 bits per heavy atom. The van der Waals surface area contributed by atoms with E-state index in [2.05, 4.69) is 5.32 Å². The first-order valence-corrected chi connectivity index (χ1v) is 7.89. The van der Waals surface area contributed by atoms with E-state index in [9.17, 15) is 9.90 Å². The molecule has 1 aromatic heterocycles. The molecule has 0 aliphatic carbocycles. The Bertz CT molecular complexity index is 1140. The summed E-state index contributed by atoms with van der Waals surface area (Å²) in [6.07, 6.45) is 1.39. The predicted octanol–water partition coefficient (Wildman–Crippen LogP) is 4.91. The van der Waals surface area contributed by atoms with Crippen molar-refractivity contribution in [1.29, 1.82) is 0 Å². The van der Waals surface area contributed by atoms with Crippen LogP contribution in [0, 0.1) is 0 Å². The molecule has 0 saturated carbocycles. The van der Waals surface area contributed by atoms with Crippen molar-refractivity contribution in [3.8, 4) is 0 Å². The molecular formula is C21H15NO3. The van der Waals surface area contributed by atoms with Gasteiger partial charge in [0.25, 0.3) is 0 Å². The van der Waals surface area contributed by atoms with Crippen molar-refractivity contribution < 1.29 is 9.52 Å². The maximum Gasteiger partial charge on any atom is 0.347 e. The van der Waals surface area contributed by atoms with E-state index in [1.54, 1.807) is 12.1 Å². The molecule has 4 rings (SSSR count). The number of fused-ring (bicyclic) bond motifs is 3. The van der Waals surface area contributed by atoms with E-state index in [4.69, 9.17) is 4.42 Å². The van der Waals surface area contributed by atoms with Crippen LogP contribution in [0.2, 0.25) is 0 Å². The van der Waals surface area contributed by atoms with Crippen LogP contribution in [0.3, 0.4) is 0 Å². The van der Waals surface area contributed by atoms with Gasteiger partial charge in [0.1, 0.15) is 16.9 Å². The van der Waals surface area contributed by atoms with Gasteiger partial charge in [0, 0.05) is 17.3 Å². The van der Waals surface area contributed by atoms with Gasteiger partial charge in [0.2, 0.25) is 0 Å². The summed E-state index contributed by atoms with van der Waals surface area (Å²) in [4.78, 5) is 12.2. The standard InChI is InChI=1S/C21H15NO3/c23-19(13-22-15-7-2-1-3-8-15)18-12-17-16-9-5-4-6-14(16)10-11-20(17)25-21(18)24/h1-13,22-23H/b19-13-. The number of para-hydroxylation sites is 1. The van der Waals surface area contributed by atoms with E-state index in [0.29, 0.717) is 5.58 Å². The molecule has 25 heavy (non-hydrogen) atoms. The van der Waals surface area contributed by atoms with Gasteiger partial charge in [-0.05, 0) is 35.0 Å². The van der Waals surface area contributed by atoms with Gasteiger partial charge in [-0.1, -0.05) is 48.5 Å². The molecule has 0 bridgehead atoms. The third-order valence-electron chi connectivity index (χ3n) is 4.07. The quantitative estimate of drug-likeness (QED) is 0.318. The number of aliphatic hydroxyl groups excluding tert-OH is 1. The number of aliphatic hydroxyl groups is 1. The average molecular weight is 329 g/mol. The van der Waals surface area contributed by atoms with E-state index in [1.165, 1.54) is 6.20 Å². The summed E-state index contributed by atoms with van der Waals surface area (Å²) >= 11 is 0. The van der Waals surface area contributed by atoms with Crippen molar-refractivity contribution in [3.63, 3.8) is 0 Å². The topological polar surface area (TPSA) is 62.5 Å². The van der Waals surface area contributed by atoms with E-state index >= 15 is 0 Å². The molecule has 0 radical (unpaired) electrons. The molecule has 0 amide bonds. The lowest BCUT2D eigenvalue weighted by atomic mass is 10.0. The Kier molecular flexibility index (Phi) is 3.71. The lowest BCUT2D eigenvalue weighted by Crippen LogP contribution is -2.07. The van der Waals surface area contributed by atoms with Crippen LogP contribution >= 0.6 is 0 Å². The molecule has 2 N–H and O–H groups in total. The predicted molar refractivity (Wildman–Crippen MR) is 101 cm³/mol. The second-order valence-corrected chi connectivity index (χ2v) is 5.69. The maximum absolute atomic E-state index is 12.2. The highest BCUT2D eigenvalue weighted by Gasteiger charge is 2.11. The van der Waals surface area contributed by atoms with Gasteiger partial charge in [0.15, 0.2) is 0 Å². The van der Waals surface area contributed by atoms with Gasteiger partial charge < -0.3 is 14.8 Å². The van der Waals surface area contributed by atoms with Crippen molar-refractivity contribution >= 4 is 33.2 Å². The zero-order valence-electron chi connectivity index (χ0n) is 13.3. The van der Waals surface area contributed by atoms with Gasteiger partial charge in [0.05, 0.1) is 0 Å². The summed E-state index contributed by atoms with van der Waals surface area (Å²) < 4.78 is 5.39. The van der Waals surface area contributed by atoms with Gasteiger partial charge in [-0.2, -0.15) is 0 Å². The highest BCUT2D eigenvalue weighted by molar-refractivity contribution is 6.05.